The van der Waals surface area contributed by atoms with Crippen LogP contribution < -0.4 is 11.1 Å². The van der Waals surface area contributed by atoms with Gasteiger partial charge >= 0.3 is 0 Å². The van der Waals surface area contributed by atoms with Crippen LogP contribution in [0.3, 0.4) is 0 Å². The Morgan fingerprint density at radius 1 is 1.58 bits per heavy atom. The molecule has 1 aromatic rings. The van der Waals surface area contributed by atoms with Crippen molar-refractivity contribution in [3.63, 3.8) is 0 Å². The molecular weight excluding hydrogens is 270 g/mol. The number of nitrogen functional groups attached to an aromatic ring is 1. The van der Waals surface area contributed by atoms with Crippen LogP contribution in [0, 0.1) is 0 Å². The number of aromatic nitrogens is 2. The predicted molar refractivity (Wildman–Crippen MR) is 68.6 cm³/mol. The number of carbonyl (C=O) groups excluding carboxylic acids is 1. The molecule has 106 valence electrons. The second kappa shape index (κ2) is 4.82. The van der Waals surface area contributed by atoms with Crippen LogP contribution in [0.1, 0.15) is 12.8 Å². The topological polar surface area (TPSA) is 110 Å². The van der Waals surface area contributed by atoms with E-state index in [9.17, 15) is 13.2 Å². The maximum Gasteiger partial charge on any atom is 0.263 e. The van der Waals surface area contributed by atoms with Crippen molar-refractivity contribution >= 4 is 21.7 Å². The molecule has 9 heteroatoms. The lowest BCUT2D eigenvalue weighted by Gasteiger charge is -2.22. The number of anilines is 1. The molecule has 19 heavy (non-hydrogen) atoms. The fourth-order valence-corrected chi connectivity index (χ4v) is 4.17. The minimum absolute atomic E-state index is 0.0509. The average molecular weight is 287 g/mol. The fourth-order valence-electron chi connectivity index (χ4n) is 2.32. The molecule has 1 unspecified atom stereocenters. The fraction of sp³-hybridized carbons (Fsp3) is 0.600. The third-order valence-corrected chi connectivity index (χ3v) is 5.26. The van der Waals surface area contributed by atoms with E-state index in [1.54, 1.807) is 7.05 Å². The van der Waals surface area contributed by atoms with E-state index in [0.29, 0.717) is 19.4 Å². The molecule has 1 aliphatic rings. The molecule has 0 saturated carbocycles. The zero-order valence-electron chi connectivity index (χ0n) is 10.8. The van der Waals surface area contributed by atoms with E-state index in [-0.39, 0.29) is 16.8 Å². The molecular formula is C10H17N5O3S. The highest BCUT2D eigenvalue weighted by atomic mass is 32.2. The number of carbonyl (C=O) groups is 1. The summed E-state index contributed by atoms with van der Waals surface area (Å²) in [6.45, 7) is 0.311. The van der Waals surface area contributed by atoms with Gasteiger partial charge in [0.2, 0.25) is 5.91 Å². The third-order valence-electron chi connectivity index (χ3n) is 3.22. The zero-order valence-corrected chi connectivity index (χ0v) is 11.6. The number of imidazole rings is 1. The summed E-state index contributed by atoms with van der Waals surface area (Å²) in [5.74, 6) is -0.355. The predicted octanol–water partition coefficient (Wildman–Crippen LogP) is -1.10. The van der Waals surface area contributed by atoms with Gasteiger partial charge < -0.3 is 15.6 Å². The smallest absolute Gasteiger partial charge is 0.263 e. The first-order chi connectivity index (χ1) is 8.89. The van der Waals surface area contributed by atoms with Crippen molar-refractivity contribution in [2.45, 2.75) is 23.9 Å². The number of nitrogens with two attached hydrogens (primary N) is 1. The van der Waals surface area contributed by atoms with Gasteiger partial charge in [-0.15, -0.1) is 0 Å². The Morgan fingerprint density at radius 3 is 2.79 bits per heavy atom. The molecule has 1 fully saturated rings. The van der Waals surface area contributed by atoms with E-state index in [2.05, 4.69) is 10.3 Å². The van der Waals surface area contributed by atoms with Crippen LogP contribution in [0.15, 0.2) is 11.4 Å². The normalized spacial score (nSPS) is 20.6. The van der Waals surface area contributed by atoms with E-state index in [1.807, 2.05) is 0 Å². The van der Waals surface area contributed by atoms with Gasteiger partial charge in [-0.1, -0.05) is 0 Å². The van der Waals surface area contributed by atoms with Crippen LogP contribution in [0.2, 0.25) is 0 Å². The minimum atomic E-state index is -3.81. The monoisotopic (exact) mass is 287 g/mol. The molecule has 1 amide bonds. The van der Waals surface area contributed by atoms with Crippen LogP contribution in [-0.4, -0.2) is 47.8 Å². The second-order valence-electron chi connectivity index (χ2n) is 4.43. The number of sulfonamides is 1. The average Bonchev–Trinajstić information content (AvgIpc) is 2.95. The van der Waals surface area contributed by atoms with Gasteiger partial charge in [0, 0.05) is 20.6 Å². The molecule has 0 spiro atoms. The summed E-state index contributed by atoms with van der Waals surface area (Å²) < 4.78 is 27.7. The van der Waals surface area contributed by atoms with Gasteiger partial charge in [0.05, 0.1) is 6.33 Å². The summed E-state index contributed by atoms with van der Waals surface area (Å²) in [6.07, 6.45) is 2.50. The maximum absolute atomic E-state index is 12.6. The van der Waals surface area contributed by atoms with Crippen LogP contribution in [0.4, 0.5) is 5.82 Å². The maximum atomic E-state index is 12.6. The molecule has 2 heterocycles. The van der Waals surface area contributed by atoms with Gasteiger partial charge in [-0.2, -0.15) is 4.31 Å². The summed E-state index contributed by atoms with van der Waals surface area (Å²) in [6, 6.07) is -0.677. The minimum Gasteiger partial charge on any atom is -0.381 e. The molecule has 2 rings (SSSR count). The Labute approximate surface area is 111 Å². The van der Waals surface area contributed by atoms with Crippen LogP contribution in [0.25, 0.3) is 0 Å². The first-order valence-electron chi connectivity index (χ1n) is 5.90. The summed E-state index contributed by atoms with van der Waals surface area (Å²) in [5.41, 5.74) is 5.61. The standard InChI is InChI=1S/C10H17N5O3S/c1-12-9(16)7-4-3-5-15(7)19(17,18)10-8(11)13-6-14(10)2/h6-7H,3-5,11H2,1-2H3,(H,12,16). The van der Waals surface area contributed by atoms with Crippen molar-refractivity contribution < 1.29 is 13.2 Å². The number of nitrogens with one attached hydrogen (secondary N) is 1. The van der Waals surface area contributed by atoms with Gasteiger partial charge in [0.25, 0.3) is 10.0 Å². The van der Waals surface area contributed by atoms with Gasteiger partial charge in [-0.25, -0.2) is 13.4 Å². The van der Waals surface area contributed by atoms with Crippen molar-refractivity contribution in [1.82, 2.24) is 19.2 Å². The number of aryl methyl sites for hydroxylation is 1. The lowest BCUT2D eigenvalue weighted by Crippen LogP contribution is -2.45. The Kier molecular flexibility index (Phi) is 3.50. The Balaban J connectivity index is 2.43. The van der Waals surface area contributed by atoms with Gasteiger partial charge in [0.1, 0.15) is 6.04 Å². The van der Waals surface area contributed by atoms with Crippen LogP contribution in [-0.2, 0) is 21.9 Å². The lowest BCUT2D eigenvalue weighted by atomic mass is 10.2. The molecule has 1 aromatic heterocycles. The first kappa shape index (κ1) is 13.8. The van der Waals surface area contributed by atoms with Gasteiger partial charge in [-0.3, -0.25) is 4.79 Å². The van der Waals surface area contributed by atoms with Gasteiger partial charge in [-0.05, 0) is 12.8 Å². The highest BCUT2D eigenvalue weighted by Crippen LogP contribution is 2.28. The Bertz CT molecular complexity index is 575. The largest absolute Gasteiger partial charge is 0.381 e. The zero-order chi connectivity index (χ0) is 14.2. The number of nitrogens with zero attached hydrogens (tertiary/aromatic N) is 3. The van der Waals surface area contributed by atoms with E-state index in [4.69, 9.17) is 5.73 Å². The first-order valence-corrected chi connectivity index (χ1v) is 7.34. The molecule has 1 aliphatic heterocycles. The van der Waals surface area contributed by atoms with Crippen LogP contribution in [0.5, 0.6) is 0 Å². The van der Waals surface area contributed by atoms with E-state index in [0.717, 1.165) is 0 Å². The van der Waals surface area contributed by atoms with E-state index >= 15 is 0 Å². The van der Waals surface area contributed by atoms with Gasteiger partial charge in [0.15, 0.2) is 10.8 Å². The molecule has 0 bridgehead atoms. The number of rotatable bonds is 3. The molecule has 1 saturated heterocycles. The summed E-state index contributed by atoms with van der Waals surface area (Å²) in [4.78, 5) is 15.5. The Hall–Kier alpha value is -1.61. The van der Waals surface area contributed by atoms with E-state index < -0.39 is 16.1 Å². The molecule has 1 atom stereocenters. The highest BCUT2D eigenvalue weighted by Gasteiger charge is 2.41. The summed E-state index contributed by atoms with van der Waals surface area (Å²) in [5, 5.41) is 2.42. The van der Waals surface area contributed by atoms with Crippen molar-refractivity contribution in [1.29, 1.82) is 0 Å². The molecule has 8 nitrogen and oxygen atoms in total. The Morgan fingerprint density at radius 2 is 2.26 bits per heavy atom. The highest BCUT2D eigenvalue weighted by molar-refractivity contribution is 7.89. The van der Waals surface area contributed by atoms with E-state index in [1.165, 1.54) is 22.2 Å². The number of amides is 1. The third kappa shape index (κ3) is 2.19. The van der Waals surface area contributed by atoms with Crippen molar-refractivity contribution in [2.24, 2.45) is 7.05 Å². The van der Waals surface area contributed by atoms with Crippen molar-refractivity contribution in [2.75, 3.05) is 19.3 Å². The molecule has 0 aromatic carbocycles. The summed E-state index contributed by atoms with van der Waals surface area (Å²) in [7, 11) is -0.766. The number of hydrogen-bond acceptors (Lipinski definition) is 5. The molecule has 0 radical (unpaired) electrons. The summed E-state index contributed by atoms with van der Waals surface area (Å²) >= 11 is 0. The SMILES string of the molecule is CNC(=O)C1CCCN1S(=O)(=O)c1c(N)ncn1C. The quantitative estimate of drug-likeness (QED) is 0.733. The molecule has 0 aliphatic carbocycles. The molecule has 3 N–H and O–H groups in total. The number of likely N-dealkylation sites (N-methyl/N-ethyl adjacent to an activating group) is 1. The number of hydrogen-bond donors (Lipinski definition) is 2. The van der Waals surface area contributed by atoms with Crippen LogP contribution >= 0.6 is 0 Å². The lowest BCUT2D eigenvalue weighted by molar-refractivity contribution is -0.123. The van der Waals surface area contributed by atoms with Crippen molar-refractivity contribution in [3.05, 3.63) is 6.33 Å². The second-order valence-corrected chi connectivity index (χ2v) is 6.24. The van der Waals surface area contributed by atoms with Crippen molar-refractivity contribution in [3.8, 4) is 0 Å².